The highest BCUT2D eigenvalue weighted by molar-refractivity contribution is 6.01. The van der Waals surface area contributed by atoms with E-state index in [1.165, 1.54) is 29.5 Å². The van der Waals surface area contributed by atoms with Crippen molar-refractivity contribution in [1.29, 1.82) is 0 Å². The summed E-state index contributed by atoms with van der Waals surface area (Å²) in [6.45, 7) is 14.8. The number of nitrogen functional groups attached to an aromatic ring is 1. The van der Waals surface area contributed by atoms with Gasteiger partial charge >= 0.3 is 0 Å². The lowest BCUT2D eigenvalue weighted by Crippen LogP contribution is -2.74. The number of anilines is 1. The van der Waals surface area contributed by atoms with Crippen LogP contribution in [0.4, 0.5) is 5.69 Å². The molecule has 7 saturated carbocycles. The number of epoxide rings is 1. The van der Waals surface area contributed by atoms with Crippen molar-refractivity contribution in [1.82, 2.24) is 10.6 Å². The zero-order chi connectivity index (χ0) is 57.5. The Hall–Kier alpha value is -3.12. The van der Waals surface area contributed by atoms with E-state index in [0.717, 1.165) is 144 Å². The number of hydrogen-bond donors (Lipinski definition) is 7. The standard InChI is InChI=1S/C72H105N3O7/c1-41(2)28-42-29-46(33-50(73)31-42)52-18-13-19-55(52)70(6)66(82-70)63(79)53-23-21-45-15-12-14-44-20-22-49(39-76)72-36-57-64-68(4,27-11-10-26-67(3,81)40-75-57)65(80)54(47-30-43(38-74-7)32-51(77)34-47)35-71(64,48-16-8-9-17-48)59(72)25-24-56-62(61(53)60(44)45)58(78)37-69(56,72)5/h29-34,41,44-45,48-49,52-55,57,59-61,63-64,66,74-77,79,81H,8-28,35-40,73H2,1-7H3/t44-,45-,49-,52+,53+,54-,55-,57+,59-,60-,61+,63-,64+,66-,67-,68-,69+,70-,71-,72-/m1/s1. The molecule has 82 heavy (non-hydrogen) atoms. The van der Waals surface area contributed by atoms with Gasteiger partial charge in [0.2, 0.25) is 0 Å². The van der Waals surface area contributed by atoms with E-state index in [-0.39, 0.29) is 65.4 Å². The molecule has 9 aliphatic carbocycles. The van der Waals surface area contributed by atoms with Gasteiger partial charge in [-0.25, -0.2) is 0 Å². The first-order valence-electron chi connectivity index (χ1n) is 33.8. The van der Waals surface area contributed by atoms with Crippen LogP contribution in [0, 0.1) is 86.8 Å². The number of phenols is 1. The van der Waals surface area contributed by atoms with Crippen molar-refractivity contribution in [3.8, 4) is 5.75 Å². The number of Topliss-reactive ketones (excluding diaryl/α,β-unsaturated/α-hetero) is 2. The maximum absolute atomic E-state index is 16.4. The van der Waals surface area contributed by atoms with Crippen molar-refractivity contribution in [2.45, 2.75) is 243 Å². The molecule has 450 valence electrons. The summed E-state index contributed by atoms with van der Waals surface area (Å²) in [7, 11) is 1.93. The third kappa shape index (κ3) is 8.99. The van der Waals surface area contributed by atoms with Crippen molar-refractivity contribution in [3.05, 3.63) is 69.8 Å². The number of benzene rings is 2. The summed E-state index contributed by atoms with van der Waals surface area (Å²) in [5.41, 5.74) is 11.0. The van der Waals surface area contributed by atoms with Crippen LogP contribution in [0.15, 0.2) is 47.5 Å². The number of rotatable bonds is 11. The predicted octanol–water partition coefficient (Wildman–Crippen LogP) is 12.7. The SMILES string of the molecule is CNCc1cc(O)cc([C@H]2C[C@@]3(C4CCCC4)[C@H]4CCC5=C6C(=O)C[C@]5(C)[C@]4(C[C@@H]4NC[C@](C)(O)CCCC[C@@](C)(C2=O)[C@H]43)[C@@H](CO)CC[C@H]2CCC[C@@H]3CC[C@H]([C@@H](O)[C@H]4O[C@]4(C)[C@@H]4CCC[C@H]4c4cc(N)cc(CC(C)C)c4)[C@H]6[C@@H]32)c1. The summed E-state index contributed by atoms with van der Waals surface area (Å²) in [6.07, 6.45) is 22.0. The quantitative estimate of drug-likeness (QED) is 0.0846. The topological polar surface area (TPSA) is 178 Å². The summed E-state index contributed by atoms with van der Waals surface area (Å²) < 4.78 is 7.06. The lowest BCUT2D eigenvalue weighted by molar-refractivity contribution is -0.247. The first-order chi connectivity index (χ1) is 39.2. The van der Waals surface area contributed by atoms with Gasteiger partial charge in [0.25, 0.3) is 0 Å². The smallest absolute Gasteiger partial charge is 0.160 e. The second-order valence-corrected chi connectivity index (χ2v) is 31.6. The molecule has 4 bridgehead atoms. The molecule has 10 heteroatoms. The number of allylic oxidation sites excluding steroid dienone is 2. The molecular formula is C72H105N3O7. The molecule has 0 unspecified atom stereocenters. The van der Waals surface area contributed by atoms with E-state index < -0.39 is 39.5 Å². The average Bonchev–Trinajstić information content (AvgIpc) is 1.13. The average molecular weight is 1120 g/mol. The Morgan fingerprint density at radius 1 is 0.805 bits per heavy atom. The fraction of sp³-hybridized carbons (Fsp3) is 0.778. The van der Waals surface area contributed by atoms with Crippen LogP contribution in [0.25, 0.3) is 0 Å². The minimum Gasteiger partial charge on any atom is -0.508 e. The number of hydrogen-bond acceptors (Lipinski definition) is 10. The van der Waals surface area contributed by atoms with Crippen molar-refractivity contribution >= 4 is 17.3 Å². The Bertz CT molecular complexity index is 2800. The monoisotopic (exact) mass is 1120 g/mol. The van der Waals surface area contributed by atoms with Gasteiger partial charge in [0, 0.05) is 54.6 Å². The van der Waals surface area contributed by atoms with Crippen LogP contribution in [-0.2, 0) is 27.3 Å². The molecule has 0 radical (unpaired) electrons. The number of carbonyl (C=O) groups is 2. The minimum absolute atomic E-state index is 0.000858. The Morgan fingerprint density at radius 2 is 1.54 bits per heavy atom. The molecule has 2 aromatic carbocycles. The van der Waals surface area contributed by atoms with Crippen LogP contribution in [0.1, 0.15) is 223 Å². The number of ether oxygens (including phenoxy) is 1. The Labute approximate surface area is 492 Å². The molecule has 11 aliphatic rings. The molecule has 2 saturated heterocycles. The normalized spacial score (nSPS) is 45.1. The molecule has 2 aliphatic heterocycles. The number of nitrogens with one attached hydrogen (secondary N) is 2. The summed E-state index contributed by atoms with van der Waals surface area (Å²) >= 11 is 0. The molecule has 2 heterocycles. The first-order valence-corrected chi connectivity index (χ1v) is 33.8. The first kappa shape index (κ1) is 57.9. The number of nitrogens with two attached hydrogens (primary N) is 1. The van der Waals surface area contributed by atoms with Gasteiger partial charge < -0.3 is 41.5 Å². The second-order valence-electron chi connectivity index (χ2n) is 31.6. The molecule has 0 amide bonds. The van der Waals surface area contributed by atoms with E-state index in [4.69, 9.17) is 10.5 Å². The number of aliphatic hydroxyl groups excluding tert-OH is 2. The lowest BCUT2D eigenvalue weighted by atomic mass is 9.29. The Morgan fingerprint density at radius 3 is 2.28 bits per heavy atom. The summed E-state index contributed by atoms with van der Waals surface area (Å²) in [6, 6.07) is 12.6. The van der Waals surface area contributed by atoms with Crippen LogP contribution in [0.5, 0.6) is 5.75 Å². The van der Waals surface area contributed by atoms with Crippen molar-refractivity contribution in [3.63, 3.8) is 0 Å². The lowest BCUT2D eigenvalue weighted by Gasteiger charge is -2.75. The highest BCUT2D eigenvalue weighted by atomic mass is 16.6. The fourth-order valence-corrected chi connectivity index (χ4v) is 24.1. The molecular weight excluding hydrogens is 1020 g/mol. The van der Waals surface area contributed by atoms with E-state index in [0.29, 0.717) is 79.4 Å². The van der Waals surface area contributed by atoms with Gasteiger partial charge in [0.15, 0.2) is 5.78 Å². The molecule has 13 rings (SSSR count). The van der Waals surface area contributed by atoms with Crippen molar-refractivity contribution in [2.75, 3.05) is 25.9 Å². The fourth-order valence-electron chi connectivity index (χ4n) is 24.1. The number of β-amino-alcohol motifs (C(OH)–C–C–N with tert-alkyl or cyclic N) is 1. The van der Waals surface area contributed by atoms with Crippen molar-refractivity contribution in [2.24, 2.45) is 86.8 Å². The third-order valence-corrected chi connectivity index (χ3v) is 26.9. The zero-order valence-corrected chi connectivity index (χ0v) is 51.4. The molecule has 10 nitrogen and oxygen atoms in total. The maximum Gasteiger partial charge on any atom is 0.160 e. The number of phenolic OH excluding ortho intramolecular Hbond substituents is 1. The van der Waals surface area contributed by atoms with Gasteiger partial charge in [-0.05, 0) is 251 Å². The minimum atomic E-state index is -0.925. The largest absolute Gasteiger partial charge is 0.508 e. The number of ketones is 2. The number of aliphatic hydroxyl groups is 3. The van der Waals surface area contributed by atoms with Crippen molar-refractivity contribution < 1.29 is 34.8 Å². The number of carbonyl (C=O) groups excluding carboxylic acids is 2. The maximum atomic E-state index is 16.4. The highest BCUT2D eigenvalue weighted by Gasteiger charge is 2.78. The Kier molecular flexibility index (Phi) is 15.1. The number of aromatic hydroxyl groups is 1. The molecule has 0 aromatic heterocycles. The van der Waals surface area contributed by atoms with E-state index in [9.17, 15) is 20.4 Å². The van der Waals surface area contributed by atoms with E-state index in [2.05, 4.69) is 69.5 Å². The second kappa shape index (κ2) is 21.3. The van der Waals surface area contributed by atoms with Gasteiger partial charge in [-0.15, -0.1) is 0 Å². The molecule has 2 aromatic rings. The van der Waals surface area contributed by atoms with Crippen LogP contribution in [-0.4, -0.2) is 81.6 Å². The van der Waals surface area contributed by atoms with Crippen LogP contribution in [0.2, 0.25) is 0 Å². The van der Waals surface area contributed by atoms with Gasteiger partial charge in [0.1, 0.15) is 17.6 Å². The van der Waals surface area contributed by atoms with Gasteiger partial charge in [-0.3, -0.25) is 9.59 Å². The van der Waals surface area contributed by atoms with E-state index in [1.807, 2.05) is 26.1 Å². The molecule has 9 fully saturated rings. The Balaban J connectivity index is 0.954. The van der Waals surface area contributed by atoms with Crippen LogP contribution in [0.3, 0.4) is 0 Å². The van der Waals surface area contributed by atoms with Crippen LogP contribution >= 0.6 is 0 Å². The predicted molar refractivity (Wildman–Crippen MR) is 324 cm³/mol. The molecule has 20 atom stereocenters. The number of fused-ring (bicyclic) bond motifs is 2. The van der Waals surface area contributed by atoms with E-state index >= 15 is 9.59 Å². The van der Waals surface area contributed by atoms with Crippen LogP contribution < -0.4 is 16.4 Å². The third-order valence-electron chi connectivity index (χ3n) is 26.9. The zero-order valence-electron chi connectivity index (χ0n) is 51.4. The summed E-state index contributed by atoms with van der Waals surface area (Å²) in [5, 5.41) is 57.4. The molecule has 8 N–H and O–H groups in total. The molecule has 1 spiro atoms. The van der Waals surface area contributed by atoms with Gasteiger partial charge in [0.05, 0.1) is 17.3 Å². The van der Waals surface area contributed by atoms with Gasteiger partial charge in [-0.1, -0.05) is 96.8 Å². The summed E-state index contributed by atoms with van der Waals surface area (Å²) in [5.74, 6) is 3.05. The van der Waals surface area contributed by atoms with E-state index in [1.54, 1.807) is 0 Å². The highest BCUT2D eigenvalue weighted by Crippen LogP contribution is 2.81. The van der Waals surface area contributed by atoms with Gasteiger partial charge in [-0.2, -0.15) is 0 Å². The summed E-state index contributed by atoms with van der Waals surface area (Å²) in [4.78, 5) is 32.6.